The molecular formula is C9H7NO4. The fraction of sp³-hybridized carbons (Fsp3) is 0.111. The van der Waals surface area contributed by atoms with Crippen LogP contribution in [0.1, 0.15) is 17.3 Å². The monoisotopic (exact) mass is 193 g/mol. The molecular weight excluding hydrogens is 186 g/mol. The summed E-state index contributed by atoms with van der Waals surface area (Å²) in [5.41, 5.74) is 0.163. The van der Waals surface area contributed by atoms with Gasteiger partial charge in [0.1, 0.15) is 5.75 Å². The first-order chi connectivity index (χ1) is 6.63. The standard InChI is InChI=1S/C9H7NO4/c1-6(11)14-8-4-2-7(3-5-8)9(12)10-13/h2-5H,1H3. The molecule has 0 bridgehead atoms. The SMILES string of the molecule is CC(=O)Oc1ccc(C(=O)N=O)cc1. The van der Waals surface area contributed by atoms with Crippen LogP contribution >= 0.6 is 0 Å². The molecule has 0 unspecified atom stereocenters. The number of rotatable bonds is 2. The number of nitroso groups, excluding NO2 is 1. The molecule has 0 aliphatic heterocycles. The van der Waals surface area contributed by atoms with Crippen LogP contribution in [0.4, 0.5) is 0 Å². The maximum absolute atomic E-state index is 10.8. The first-order valence-electron chi connectivity index (χ1n) is 3.79. The van der Waals surface area contributed by atoms with E-state index in [-0.39, 0.29) is 5.56 Å². The van der Waals surface area contributed by atoms with Gasteiger partial charge in [-0.15, -0.1) is 4.91 Å². The maximum atomic E-state index is 10.8. The highest BCUT2D eigenvalue weighted by molar-refractivity contribution is 5.94. The van der Waals surface area contributed by atoms with Crippen molar-refractivity contribution >= 4 is 11.9 Å². The van der Waals surface area contributed by atoms with Gasteiger partial charge in [-0.1, -0.05) is 0 Å². The number of esters is 1. The van der Waals surface area contributed by atoms with Gasteiger partial charge in [-0.2, -0.15) is 0 Å². The highest BCUT2D eigenvalue weighted by atomic mass is 16.5. The molecule has 0 atom stereocenters. The zero-order valence-corrected chi connectivity index (χ0v) is 7.39. The van der Waals surface area contributed by atoms with Crippen LogP contribution in [-0.4, -0.2) is 11.9 Å². The van der Waals surface area contributed by atoms with E-state index >= 15 is 0 Å². The fourth-order valence-electron chi connectivity index (χ4n) is 0.884. The second kappa shape index (κ2) is 4.27. The van der Waals surface area contributed by atoms with Crippen molar-refractivity contribution in [3.05, 3.63) is 34.7 Å². The molecule has 5 heteroatoms. The van der Waals surface area contributed by atoms with Crippen molar-refractivity contribution in [2.45, 2.75) is 6.92 Å². The van der Waals surface area contributed by atoms with E-state index in [1.54, 1.807) is 0 Å². The molecule has 14 heavy (non-hydrogen) atoms. The Morgan fingerprint density at radius 3 is 2.21 bits per heavy atom. The van der Waals surface area contributed by atoms with Crippen molar-refractivity contribution in [3.63, 3.8) is 0 Å². The molecule has 0 saturated heterocycles. The Morgan fingerprint density at radius 2 is 1.79 bits per heavy atom. The molecule has 1 rings (SSSR count). The van der Waals surface area contributed by atoms with Gasteiger partial charge in [0.05, 0.1) is 0 Å². The molecule has 0 spiro atoms. The molecule has 1 aromatic rings. The van der Waals surface area contributed by atoms with Crippen molar-refractivity contribution < 1.29 is 14.3 Å². The Bertz CT molecular complexity index is 369. The van der Waals surface area contributed by atoms with Gasteiger partial charge in [-0.05, 0) is 24.3 Å². The van der Waals surface area contributed by atoms with Crippen LogP contribution in [0.25, 0.3) is 0 Å². The van der Waals surface area contributed by atoms with Gasteiger partial charge in [-0.3, -0.25) is 9.59 Å². The highest BCUT2D eigenvalue weighted by Gasteiger charge is 2.05. The van der Waals surface area contributed by atoms with Gasteiger partial charge in [0, 0.05) is 17.7 Å². The third-order valence-corrected chi connectivity index (χ3v) is 1.45. The summed E-state index contributed by atoms with van der Waals surface area (Å²) in [6, 6.07) is 5.56. The predicted octanol–water partition coefficient (Wildman–Crippen LogP) is 1.52. The molecule has 5 nitrogen and oxygen atoms in total. The van der Waals surface area contributed by atoms with Crippen LogP contribution < -0.4 is 4.74 Å². The maximum Gasteiger partial charge on any atom is 0.316 e. The first-order valence-corrected chi connectivity index (χ1v) is 3.79. The van der Waals surface area contributed by atoms with Gasteiger partial charge in [0.2, 0.25) is 0 Å². The summed E-state index contributed by atoms with van der Waals surface area (Å²) in [5.74, 6) is -0.975. The predicted molar refractivity (Wildman–Crippen MR) is 47.9 cm³/mol. The van der Waals surface area contributed by atoms with Crippen LogP contribution in [0.15, 0.2) is 29.4 Å². The van der Waals surface area contributed by atoms with E-state index in [1.165, 1.54) is 31.2 Å². The molecule has 72 valence electrons. The van der Waals surface area contributed by atoms with Gasteiger partial charge in [0.15, 0.2) is 0 Å². The first kappa shape index (κ1) is 10.0. The number of ether oxygens (including phenoxy) is 1. The third-order valence-electron chi connectivity index (χ3n) is 1.45. The number of hydrogen-bond donors (Lipinski definition) is 0. The highest BCUT2D eigenvalue weighted by Crippen LogP contribution is 2.12. The van der Waals surface area contributed by atoms with Gasteiger partial charge >= 0.3 is 11.9 Å². The van der Waals surface area contributed by atoms with Crippen LogP contribution in [0.3, 0.4) is 0 Å². The number of nitrogens with zero attached hydrogens (tertiary/aromatic N) is 1. The number of carbonyl (C=O) groups excluding carboxylic acids is 2. The molecule has 0 aliphatic carbocycles. The van der Waals surface area contributed by atoms with E-state index < -0.39 is 11.9 Å². The second-order valence-electron chi connectivity index (χ2n) is 2.51. The van der Waals surface area contributed by atoms with Crippen molar-refractivity contribution in [3.8, 4) is 5.75 Å². The molecule has 0 fully saturated rings. The smallest absolute Gasteiger partial charge is 0.316 e. The topological polar surface area (TPSA) is 72.8 Å². The minimum absolute atomic E-state index is 0.163. The Morgan fingerprint density at radius 1 is 1.21 bits per heavy atom. The van der Waals surface area contributed by atoms with Crippen LogP contribution in [-0.2, 0) is 4.79 Å². The van der Waals surface area contributed by atoms with Crippen molar-refractivity contribution in [2.24, 2.45) is 5.18 Å². The van der Waals surface area contributed by atoms with Crippen molar-refractivity contribution in [2.75, 3.05) is 0 Å². The zero-order valence-electron chi connectivity index (χ0n) is 7.39. The fourth-order valence-corrected chi connectivity index (χ4v) is 0.884. The molecule has 0 saturated carbocycles. The summed E-state index contributed by atoms with van der Waals surface area (Å²) >= 11 is 0. The van der Waals surface area contributed by atoms with Crippen LogP contribution in [0, 0.1) is 4.91 Å². The van der Waals surface area contributed by atoms with Gasteiger partial charge in [0.25, 0.3) is 0 Å². The molecule has 1 aromatic carbocycles. The Labute approximate surface area is 79.7 Å². The molecule has 0 radical (unpaired) electrons. The molecule has 0 N–H and O–H groups in total. The summed E-state index contributed by atoms with van der Waals surface area (Å²) in [4.78, 5) is 31.2. The Balaban J connectivity index is 2.83. The molecule has 0 aromatic heterocycles. The largest absolute Gasteiger partial charge is 0.427 e. The Kier molecular flexibility index (Phi) is 3.06. The molecule has 0 heterocycles. The van der Waals surface area contributed by atoms with E-state index in [0.717, 1.165) is 0 Å². The molecule has 0 aliphatic rings. The van der Waals surface area contributed by atoms with Gasteiger partial charge < -0.3 is 4.74 Å². The third kappa shape index (κ3) is 2.48. The van der Waals surface area contributed by atoms with E-state index in [1.807, 2.05) is 0 Å². The number of amides is 1. The van der Waals surface area contributed by atoms with Crippen molar-refractivity contribution in [1.29, 1.82) is 0 Å². The van der Waals surface area contributed by atoms with E-state index in [0.29, 0.717) is 5.75 Å². The van der Waals surface area contributed by atoms with E-state index in [9.17, 15) is 14.5 Å². The minimum atomic E-state index is -0.848. The normalized spacial score (nSPS) is 9.21. The molecule has 1 amide bonds. The number of carbonyl (C=O) groups is 2. The minimum Gasteiger partial charge on any atom is -0.427 e. The van der Waals surface area contributed by atoms with Crippen LogP contribution in [0.2, 0.25) is 0 Å². The lowest BCUT2D eigenvalue weighted by atomic mass is 10.2. The van der Waals surface area contributed by atoms with Gasteiger partial charge in [-0.25, -0.2) is 0 Å². The summed E-state index contributed by atoms with van der Waals surface area (Å²) in [5, 5.41) is 2.25. The number of hydrogen-bond acceptors (Lipinski definition) is 4. The average Bonchev–Trinajstić information content (AvgIpc) is 2.17. The van der Waals surface area contributed by atoms with Crippen molar-refractivity contribution in [1.82, 2.24) is 0 Å². The quantitative estimate of drug-likeness (QED) is 0.405. The summed E-state index contributed by atoms with van der Waals surface area (Å²) < 4.78 is 4.72. The second-order valence-corrected chi connectivity index (χ2v) is 2.51. The summed E-state index contributed by atoms with van der Waals surface area (Å²) in [7, 11) is 0. The van der Waals surface area contributed by atoms with Crippen LogP contribution in [0.5, 0.6) is 5.75 Å². The lowest BCUT2D eigenvalue weighted by Gasteiger charge is -2.00. The average molecular weight is 193 g/mol. The summed E-state index contributed by atoms with van der Waals surface area (Å²) in [6.45, 7) is 1.27. The summed E-state index contributed by atoms with van der Waals surface area (Å²) in [6.07, 6.45) is 0. The lowest BCUT2D eigenvalue weighted by Crippen LogP contribution is -2.01. The van der Waals surface area contributed by atoms with E-state index in [2.05, 4.69) is 5.18 Å². The Hall–Kier alpha value is -2.04. The lowest BCUT2D eigenvalue weighted by molar-refractivity contribution is -0.131. The number of benzene rings is 1. The van der Waals surface area contributed by atoms with E-state index in [4.69, 9.17) is 4.74 Å². The zero-order chi connectivity index (χ0) is 10.6.